The molecular formula is C41H24F3N. The SMILES string of the molecule is Fc1cc(F)cc(N(c2ccc3c(c2)-c2ccccc2C32c3ccccc3-c3ccccc32)c2c(F)ccc3ccccc23)c1. The van der Waals surface area contributed by atoms with Crippen molar-refractivity contribution < 1.29 is 13.2 Å². The highest BCUT2D eigenvalue weighted by Crippen LogP contribution is 2.63. The molecule has 7 aromatic carbocycles. The van der Waals surface area contributed by atoms with Gasteiger partial charge in [-0.25, -0.2) is 13.2 Å². The molecule has 0 heterocycles. The molecule has 214 valence electrons. The lowest BCUT2D eigenvalue weighted by Crippen LogP contribution is -2.25. The van der Waals surface area contributed by atoms with Crippen molar-refractivity contribution >= 4 is 27.8 Å². The summed E-state index contributed by atoms with van der Waals surface area (Å²) in [5, 5.41) is 1.46. The zero-order chi connectivity index (χ0) is 30.3. The first kappa shape index (κ1) is 25.8. The fourth-order valence-electron chi connectivity index (χ4n) is 7.76. The van der Waals surface area contributed by atoms with E-state index in [1.807, 2.05) is 42.5 Å². The van der Waals surface area contributed by atoms with Crippen molar-refractivity contribution in [1.82, 2.24) is 0 Å². The predicted octanol–water partition coefficient (Wildman–Crippen LogP) is 11.1. The van der Waals surface area contributed by atoms with E-state index in [1.165, 1.54) is 46.0 Å². The third-order valence-corrected chi connectivity index (χ3v) is 9.42. The Morgan fingerprint density at radius 1 is 0.422 bits per heavy atom. The average molecular weight is 588 g/mol. The largest absolute Gasteiger partial charge is 0.307 e. The molecule has 0 aliphatic heterocycles. The Labute approximate surface area is 258 Å². The van der Waals surface area contributed by atoms with Gasteiger partial charge in [0, 0.05) is 17.1 Å². The van der Waals surface area contributed by atoms with Crippen LogP contribution in [-0.4, -0.2) is 0 Å². The smallest absolute Gasteiger partial charge is 0.147 e. The van der Waals surface area contributed by atoms with E-state index in [0.29, 0.717) is 11.1 Å². The molecule has 0 N–H and O–H groups in total. The van der Waals surface area contributed by atoms with Gasteiger partial charge in [-0.1, -0.05) is 109 Å². The van der Waals surface area contributed by atoms with E-state index in [2.05, 4.69) is 72.8 Å². The summed E-state index contributed by atoms with van der Waals surface area (Å²) in [4.78, 5) is 1.63. The van der Waals surface area contributed by atoms with Crippen LogP contribution in [0.5, 0.6) is 0 Å². The van der Waals surface area contributed by atoms with Gasteiger partial charge in [0.2, 0.25) is 0 Å². The summed E-state index contributed by atoms with van der Waals surface area (Å²) in [6, 6.07) is 45.5. The maximum Gasteiger partial charge on any atom is 0.147 e. The lowest BCUT2D eigenvalue weighted by Gasteiger charge is -2.31. The monoisotopic (exact) mass is 587 g/mol. The Morgan fingerprint density at radius 2 is 0.956 bits per heavy atom. The molecule has 1 nitrogen and oxygen atoms in total. The number of benzene rings is 7. The second-order valence-corrected chi connectivity index (χ2v) is 11.7. The fraction of sp³-hybridized carbons (Fsp3) is 0.0244. The van der Waals surface area contributed by atoms with Crippen molar-refractivity contribution in [2.45, 2.75) is 5.41 Å². The summed E-state index contributed by atoms with van der Waals surface area (Å²) < 4.78 is 45.5. The third-order valence-electron chi connectivity index (χ3n) is 9.42. The summed E-state index contributed by atoms with van der Waals surface area (Å²) in [6.07, 6.45) is 0. The van der Waals surface area contributed by atoms with Crippen LogP contribution in [0.3, 0.4) is 0 Å². The minimum Gasteiger partial charge on any atom is -0.307 e. The molecule has 0 saturated carbocycles. The highest BCUT2D eigenvalue weighted by molar-refractivity contribution is 6.01. The van der Waals surface area contributed by atoms with E-state index in [0.717, 1.165) is 28.1 Å². The van der Waals surface area contributed by atoms with E-state index in [-0.39, 0.29) is 11.4 Å². The third kappa shape index (κ3) is 3.51. The average Bonchev–Trinajstić information content (AvgIpc) is 3.53. The summed E-state index contributed by atoms with van der Waals surface area (Å²) in [6.45, 7) is 0. The molecule has 2 aliphatic carbocycles. The first-order valence-corrected chi connectivity index (χ1v) is 14.9. The van der Waals surface area contributed by atoms with E-state index >= 15 is 4.39 Å². The first-order valence-electron chi connectivity index (χ1n) is 14.9. The van der Waals surface area contributed by atoms with Gasteiger partial charge in [0.15, 0.2) is 0 Å². The number of nitrogens with zero attached hydrogens (tertiary/aromatic N) is 1. The van der Waals surface area contributed by atoms with Gasteiger partial charge < -0.3 is 4.90 Å². The maximum absolute atomic E-state index is 16.0. The molecule has 0 fully saturated rings. The van der Waals surface area contributed by atoms with Gasteiger partial charge in [0.1, 0.15) is 17.5 Å². The van der Waals surface area contributed by atoms with E-state index in [9.17, 15) is 8.78 Å². The van der Waals surface area contributed by atoms with Crippen LogP contribution in [0, 0.1) is 17.5 Å². The number of halogens is 3. The van der Waals surface area contributed by atoms with Crippen LogP contribution in [0.4, 0.5) is 30.2 Å². The standard InChI is InChI=1S/C41H24F3N/c42-26-21-27(43)23-29(22-26)45(40-30-10-2-1-9-25(30)17-20-39(40)44)28-18-19-38-34(24-28)33-13-5-8-16-37(33)41(38)35-14-6-3-11-31(35)32-12-4-7-15-36(32)41/h1-24H. The van der Waals surface area contributed by atoms with E-state index in [1.54, 1.807) is 11.0 Å². The molecule has 7 aromatic rings. The van der Waals surface area contributed by atoms with Gasteiger partial charge in [-0.05, 0) is 80.2 Å². The van der Waals surface area contributed by atoms with Crippen LogP contribution in [-0.2, 0) is 5.41 Å². The van der Waals surface area contributed by atoms with Gasteiger partial charge in [0.25, 0.3) is 0 Å². The lowest BCUT2D eigenvalue weighted by molar-refractivity contribution is 0.583. The number of anilines is 3. The minimum absolute atomic E-state index is 0.195. The Morgan fingerprint density at radius 3 is 1.60 bits per heavy atom. The van der Waals surface area contributed by atoms with Gasteiger partial charge in [0.05, 0.1) is 16.8 Å². The Kier molecular flexibility index (Phi) is 5.42. The fourth-order valence-corrected chi connectivity index (χ4v) is 7.76. The molecule has 0 aromatic heterocycles. The van der Waals surface area contributed by atoms with Gasteiger partial charge in [-0.2, -0.15) is 0 Å². The Bertz CT molecular complexity index is 2270. The number of rotatable bonds is 3. The lowest BCUT2D eigenvalue weighted by atomic mass is 9.70. The number of hydrogen-bond acceptors (Lipinski definition) is 1. The zero-order valence-corrected chi connectivity index (χ0v) is 23.9. The van der Waals surface area contributed by atoms with Gasteiger partial charge in [-0.15, -0.1) is 0 Å². The molecule has 45 heavy (non-hydrogen) atoms. The van der Waals surface area contributed by atoms with E-state index in [4.69, 9.17) is 0 Å². The van der Waals surface area contributed by atoms with Crippen LogP contribution in [0.25, 0.3) is 33.0 Å². The van der Waals surface area contributed by atoms with Crippen LogP contribution < -0.4 is 4.90 Å². The van der Waals surface area contributed by atoms with Crippen molar-refractivity contribution in [3.8, 4) is 22.3 Å². The van der Waals surface area contributed by atoms with Crippen molar-refractivity contribution in [3.63, 3.8) is 0 Å². The van der Waals surface area contributed by atoms with E-state index < -0.39 is 22.9 Å². The maximum atomic E-state index is 16.0. The molecule has 0 radical (unpaired) electrons. The summed E-state index contributed by atoms with van der Waals surface area (Å²) in [7, 11) is 0. The van der Waals surface area contributed by atoms with Crippen molar-refractivity contribution in [1.29, 1.82) is 0 Å². The highest BCUT2D eigenvalue weighted by atomic mass is 19.1. The van der Waals surface area contributed by atoms with Crippen molar-refractivity contribution in [3.05, 3.63) is 185 Å². The Balaban J connectivity index is 1.36. The quantitative estimate of drug-likeness (QED) is 0.199. The molecule has 0 atom stereocenters. The second-order valence-electron chi connectivity index (χ2n) is 11.7. The molecule has 0 unspecified atom stereocenters. The summed E-state index contributed by atoms with van der Waals surface area (Å²) >= 11 is 0. The molecule has 9 rings (SSSR count). The molecule has 0 saturated heterocycles. The summed E-state index contributed by atoms with van der Waals surface area (Å²) in [5.74, 6) is -1.96. The van der Waals surface area contributed by atoms with Gasteiger partial charge >= 0.3 is 0 Å². The zero-order valence-electron chi connectivity index (χ0n) is 23.9. The van der Waals surface area contributed by atoms with Crippen LogP contribution in [0.15, 0.2) is 146 Å². The van der Waals surface area contributed by atoms with Crippen molar-refractivity contribution in [2.75, 3.05) is 4.90 Å². The molecule has 2 aliphatic rings. The number of fused-ring (bicyclic) bond motifs is 11. The molecule has 0 bridgehead atoms. The Hall–Kier alpha value is -5.61. The van der Waals surface area contributed by atoms with Crippen LogP contribution in [0.2, 0.25) is 0 Å². The first-order chi connectivity index (χ1) is 22.1. The second kappa shape index (κ2) is 9.44. The topological polar surface area (TPSA) is 3.24 Å². The van der Waals surface area contributed by atoms with Gasteiger partial charge in [-0.3, -0.25) is 0 Å². The molecular weight excluding hydrogens is 563 g/mol. The molecule has 1 spiro atoms. The van der Waals surface area contributed by atoms with Crippen LogP contribution >= 0.6 is 0 Å². The predicted molar refractivity (Wildman–Crippen MR) is 175 cm³/mol. The minimum atomic E-state index is -0.736. The molecule has 4 heteroatoms. The van der Waals surface area contributed by atoms with Crippen LogP contribution in [0.1, 0.15) is 22.3 Å². The normalized spacial score (nSPS) is 13.4. The molecule has 0 amide bonds. The summed E-state index contributed by atoms with van der Waals surface area (Å²) in [5.41, 5.74) is 9.70. The number of hydrogen-bond donors (Lipinski definition) is 0. The van der Waals surface area contributed by atoms with Crippen molar-refractivity contribution in [2.24, 2.45) is 0 Å². The highest BCUT2D eigenvalue weighted by Gasteiger charge is 2.51.